The molecule has 1 heterocycles. The lowest BCUT2D eigenvalue weighted by molar-refractivity contribution is -0.384. The fourth-order valence-corrected chi connectivity index (χ4v) is 3.26. The van der Waals surface area contributed by atoms with Gasteiger partial charge in [0.1, 0.15) is 22.8 Å². The second-order valence-electron chi connectivity index (χ2n) is 6.25. The molecule has 1 amide bonds. The standard InChI is InChI=1S/C19H14Cl2FN3O4/c1-10-16(18(23-29-10)17-14(21)4-3-5-15(17)22)19(26)24(2)9-11-8-12(25(27)28)6-7-13(11)20/h3-8H,9H2,1-2H3. The van der Waals surface area contributed by atoms with Crippen LogP contribution in [0.4, 0.5) is 10.1 Å². The molecule has 10 heteroatoms. The number of aryl methyl sites for hydroxylation is 1. The molecule has 0 unspecified atom stereocenters. The Labute approximate surface area is 174 Å². The molecule has 0 saturated heterocycles. The summed E-state index contributed by atoms with van der Waals surface area (Å²) in [5.41, 5.74) is 0.214. The molecule has 29 heavy (non-hydrogen) atoms. The van der Waals surface area contributed by atoms with Gasteiger partial charge in [-0.15, -0.1) is 0 Å². The SMILES string of the molecule is Cc1onc(-c2c(F)cccc2Cl)c1C(=O)N(C)Cc1cc([N+](=O)[O-])ccc1Cl. The highest BCUT2D eigenvalue weighted by atomic mass is 35.5. The van der Waals surface area contributed by atoms with Crippen molar-refractivity contribution < 1.29 is 18.6 Å². The lowest BCUT2D eigenvalue weighted by atomic mass is 10.0. The average Bonchev–Trinajstić information content (AvgIpc) is 3.03. The van der Waals surface area contributed by atoms with E-state index in [1.54, 1.807) is 0 Å². The Kier molecular flexibility index (Phi) is 5.86. The van der Waals surface area contributed by atoms with Crippen LogP contribution in [0.2, 0.25) is 10.0 Å². The predicted octanol–water partition coefficient (Wildman–Crippen LogP) is 5.28. The third-order valence-electron chi connectivity index (χ3n) is 4.27. The highest BCUT2D eigenvalue weighted by molar-refractivity contribution is 6.33. The van der Waals surface area contributed by atoms with Crippen molar-refractivity contribution in [2.24, 2.45) is 0 Å². The predicted molar refractivity (Wildman–Crippen MR) is 106 cm³/mol. The molecular formula is C19H14Cl2FN3O4. The van der Waals surface area contributed by atoms with Gasteiger partial charge in [0.2, 0.25) is 0 Å². The minimum Gasteiger partial charge on any atom is -0.360 e. The largest absolute Gasteiger partial charge is 0.360 e. The summed E-state index contributed by atoms with van der Waals surface area (Å²) in [6, 6.07) is 8.07. The van der Waals surface area contributed by atoms with Crippen molar-refractivity contribution in [3.05, 3.63) is 79.3 Å². The zero-order valence-electron chi connectivity index (χ0n) is 15.3. The number of hydrogen-bond donors (Lipinski definition) is 0. The Hall–Kier alpha value is -2.97. The van der Waals surface area contributed by atoms with Crippen molar-refractivity contribution >= 4 is 34.8 Å². The minimum absolute atomic E-state index is 0.0194. The van der Waals surface area contributed by atoms with E-state index >= 15 is 0 Å². The molecule has 0 spiro atoms. The van der Waals surface area contributed by atoms with Crippen LogP contribution in [0.3, 0.4) is 0 Å². The van der Waals surface area contributed by atoms with Crippen LogP contribution in [0.5, 0.6) is 0 Å². The molecule has 0 saturated carbocycles. The third kappa shape index (κ3) is 4.08. The lowest BCUT2D eigenvalue weighted by Crippen LogP contribution is -2.27. The Morgan fingerprint density at radius 2 is 2.00 bits per heavy atom. The van der Waals surface area contributed by atoms with Gasteiger partial charge in [0.05, 0.1) is 15.5 Å². The maximum absolute atomic E-state index is 14.3. The zero-order chi connectivity index (χ0) is 21.3. The summed E-state index contributed by atoms with van der Waals surface area (Å²) < 4.78 is 19.5. The summed E-state index contributed by atoms with van der Waals surface area (Å²) >= 11 is 12.2. The van der Waals surface area contributed by atoms with E-state index in [1.807, 2.05) is 0 Å². The van der Waals surface area contributed by atoms with Crippen molar-refractivity contribution in [1.82, 2.24) is 10.1 Å². The van der Waals surface area contributed by atoms with E-state index in [2.05, 4.69) is 5.16 Å². The number of aromatic nitrogens is 1. The van der Waals surface area contributed by atoms with Crippen LogP contribution in [-0.2, 0) is 6.54 Å². The first-order valence-corrected chi connectivity index (χ1v) is 9.05. The number of halogens is 3. The van der Waals surface area contributed by atoms with E-state index in [0.29, 0.717) is 5.56 Å². The van der Waals surface area contributed by atoms with Crippen LogP contribution < -0.4 is 0 Å². The van der Waals surface area contributed by atoms with E-state index in [1.165, 1.54) is 55.3 Å². The number of hydrogen-bond acceptors (Lipinski definition) is 5. The number of carbonyl (C=O) groups is 1. The van der Waals surface area contributed by atoms with E-state index in [4.69, 9.17) is 27.7 Å². The summed E-state index contributed by atoms with van der Waals surface area (Å²) in [6.07, 6.45) is 0. The monoisotopic (exact) mass is 437 g/mol. The second-order valence-corrected chi connectivity index (χ2v) is 7.07. The van der Waals surface area contributed by atoms with Gasteiger partial charge in [0, 0.05) is 30.7 Å². The summed E-state index contributed by atoms with van der Waals surface area (Å²) in [6.45, 7) is 1.50. The van der Waals surface area contributed by atoms with Crippen LogP contribution in [0, 0.1) is 22.9 Å². The van der Waals surface area contributed by atoms with Gasteiger partial charge < -0.3 is 9.42 Å². The zero-order valence-corrected chi connectivity index (χ0v) is 16.8. The summed E-state index contributed by atoms with van der Waals surface area (Å²) in [5.74, 6) is -0.994. The number of nitrogens with zero attached hydrogens (tertiary/aromatic N) is 3. The fraction of sp³-hybridized carbons (Fsp3) is 0.158. The number of nitro benzene ring substituents is 1. The van der Waals surface area contributed by atoms with Crippen molar-refractivity contribution in [1.29, 1.82) is 0 Å². The average molecular weight is 438 g/mol. The first-order valence-electron chi connectivity index (χ1n) is 8.29. The van der Waals surface area contributed by atoms with E-state index in [0.717, 1.165) is 0 Å². The normalized spacial score (nSPS) is 10.8. The molecule has 3 aromatic rings. The Morgan fingerprint density at radius 1 is 1.28 bits per heavy atom. The summed E-state index contributed by atoms with van der Waals surface area (Å²) in [7, 11) is 1.48. The smallest absolute Gasteiger partial charge is 0.269 e. The Bertz CT molecular complexity index is 1100. The van der Waals surface area contributed by atoms with Gasteiger partial charge >= 0.3 is 0 Å². The molecule has 0 aliphatic heterocycles. The third-order valence-corrected chi connectivity index (χ3v) is 4.95. The number of carbonyl (C=O) groups excluding carboxylic acids is 1. The lowest BCUT2D eigenvalue weighted by Gasteiger charge is -2.18. The fourth-order valence-electron chi connectivity index (χ4n) is 2.83. The molecule has 0 atom stereocenters. The maximum atomic E-state index is 14.3. The molecule has 0 aliphatic rings. The van der Waals surface area contributed by atoms with Gasteiger partial charge in [0.15, 0.2) is 0 Å². The van der Waals surface area contributed by atoms with E-state index in [9.17, 15) is 19.3 Å². The van der Waals surface area contributed by atoms with Gasteiger partial charge in [0.25, 0.3) is 11.6 Å². The molecule has 0 radical (unpaired) electrons. The molecule has 0 bridgehead atoms. The molecule has 1 aromatic heterocycles. The highest BCUT2D eigenvalue weighted by Gasteiger charge is 2.28. The first kappa shape index (κ1) is 20.8. The van der Waals surface area contributed by atoms with Crippen molar-refractivity contribution in [3.63, 3.8) is 0 Å². The number of benzene rings is 2. The van der Waals surface area contributed by atoms with Gasteiger partial charge in [-0.3, -0.25) is 14.9 Å². The van der Waals surface area contributed by atoms with Gasteiger partial charge in [-0.1, -0.05) is 34.4 Å². The first-order chi connectivity index (χ1) is 13.7. The maximum Gasteiger partial charge on any atom is 0.269 e. The minimum atomic E-state index is -0.649. The van der Waals surface area contributed by atoms with Crippen LogP contribution in [0.15, 0.2) is 40.9 Å². The van der Waals surface area contributed by atoms with E-state index < -0.39 is 16.6 Å². The number of nitro groups is 1. The summed E-state index contributed by atoms with van der Waals surface area (Å²) in [5, 5.41) is 15.2. The quantitative estimate of drug-likeness (QED) is 0.400. The highest BCUT2D eigenvalue weighted by Crippen LogP contribution is 2.34. The van der Waals surface area contributed by atoms with Crippen LogP contribution in [0.1, 0.15) is 21.7 Å². The van der Waals surface area contributed by atoms with Crippen molar-refractivity contribution in [2.75, 3.05) is 7.05 Å². The van der Waals surface area contributed by atoms with E-state index in [-0.39, 0.29) is 44.9 Å². The molecule has 0 N–H and O–H groups in total. The van der Waals surface area contributed by atoms with Crippen molar-refractivity contribution in [3.8, 4) is 11.3 Å². The molecule has 0 fully saturated rings. The van der Waals surface area contributed by atoms with Crippen molar-refractivity contribution in [2.45, 2.75) is 13.5 Å². The number of non-ortho nitro benzene ring substituents is 1. The Morgan fingerprint density at radius 3 is 2.66 bits per heavy atom. The van der Waals surface area contributed by atoms with Crippen LogP contribution in [-0.4, -0.2) is 27.9 Å². The molecule has 3 rings (SSSR count). The number of amides is 1. The molecule has 2 aromatic carbocycles. The molecule has 150 valence electrons. The van der Waals surface area contributed by atoms with Crippen LogP contribution in [0.25, 0.3) is 11.3 Å². The Balaban J connectivity index is 1.97. The molecule has 0 aliphatic carbocycles. The number of rotatable bonds is 5. The summed E-state index contributed by atoms with van der Waals surface area (Å²) in [4.78, 5) is 24.8. The topological polar surface area (TPSA) is 89.5 Å². The second kappa shape index (κ2) is 8.18. The molecule has 7 nitrogen and oxygen atoms in total. The van der Waals surface area contributed by atoms with Gasteiger partial charge in [-0.2, -0.15) is 0 Å². The van der Waals surface area contributed by atoms with Crippen LogP contribution >= 0.6 is 23.2 Å². The van der Waals surface area contributed by atoms with Gasteiger partial charge in [-0.05, 0) is 30.7 Å². The molecular weight excluding hydrogens is 424 g/mol. The van der Waals surface area contributed by atoms with Gasteiger partial charge in [-0.25, -0.2) is 4.39 Å².